The van der Waals surface area contributed by atoms with Crippen LogP contribution in [-0.4, -0.2) is 195 Å². The van der Waals surface area contributed by atoms with Gasteiger partial charge in [-0.25, -0.2) is 9.37 Å². The molecule has 8 rings (SSSR count). The number of amides is 6. The molecule has 6 amide bonds. The molecule has 6 aromatic rings. The van der Waals surface area contributed by atoms with E-state index in [1.54, 1.807) is 53.2 Å². The Labute approximate surface area is 519 Å². The lowest BCUT2D eigenvalue weighted by atomic mass is 9.85. The fourth-order valence-corrected chi connectivity index (χ4v) is 11.0. The molecule has 3 aromatic heterocycles. The van der Waals surface area contributed by atoms with Crippen molar-refractivity contribution >= 4 is 86.6 Å². The van der Waals surface area contributed by atoms with Crippen LogP contribution in [0.2, 0.25) is 0 Å². The molecule has 25 nitrogen and oxygen atoms in total. The lowest BCUT2D eigenvalue weighted by molar-refractivity contribution is -0.144. The van der Waals surface area contributed by atoms with Crippen LogP contribution in [0.3, 0.4) is 0 Å². The standard InChI is InChI=1S/C62H79FN12O13S/c1-38-54(89-37-67-38)40-13-11-39(12-14-40)34-66-58(80)48-32-42(76)35-75(48)60(82)55(62(2,3)4)70-50(77)17-21-84-23-25-86-27-29-88-30-28-87-26-24-85-22-18-51(78)73(6)36-52(79)74-20-16-41-31-49(83-7)46(33-47(41)74)69-61-71-56-43(15-19-65-56)57(72-61)68-45-10-8-9-44(63)53(45)59(81)64-5/h8-15,19,31,33,37,42,48,55,76H,16-18,20-30,32,34-36H2,1-7H3,(H,64,81)(H,66,80)(H,70,77)(H3,65,68,69,71,72)/t42-,48+,55?/m1/s1. The number of likely N-dealkylation sites (N-methyl/N-ethyl adjacent to an activating group) is 1. The van der Waals surface area contributed by atoms with Crippen LogP contribution < -0.4 is 36.2 Å². The van der Waals surface area contributed by atoms with E-state index >= 15 is 0 Å². The number of hydrogen-bond donors (Lipinski definition) is 7. The van der Waals surface area contributed by atoms with Crippen molar-refractivity contribution in [1.82, 2.24) is 45.7 Å². The number of carbonyl (C=O) groups excluding carboxylic acids is 6. The summed E-state index contributed by atoms with van der Waals surface area (Å²) in [5, 5.41) is 25.7. The third-order valence-electron chi connectivity index (χ3n) is 14.9. The Bertz CT molecular complexity index is 3410. The number of carbonyl (C=O) groups is 6. The number of ether oxygens (including phenoxy) is 6. The molecule has 0 saturated carbocycles. The van der Waals surface area contributed by atoms with E-state index in [0.717, 1.165) is 27.3 Å². The van der Waals surface area contributed by atoms with Crippen LogP contribution in [0.25, 0.3) is 21.5 Å². The van der Waals surface area contributed by atoms with Gasteiger partial charge in [-0.3, -0.25) is 28.8 Å². The third kappa shape index (κ3) is 18.0. The summed E-state index contributed by atoms with van der Waals surface area (Å²) in [6.07, 6.45) is 1.51. The molecule has 478 valence electrons. The number of H-pyrrole nitrogens is 1. The van der Waals surface area contributed by atoms with E-state index < -0.39 is 41.2 Å². The van der Waals surface area contributed by atoms with Crippen molar-refractivity contribution in [1.29, 1.82) is 0 Å². The molecule has 2 aliphatic rings. The lowest BCUT2D eigenvalue weighted by Gasteiger charge is -2.35. The van der Waals surface area contributed by atoms with Crippen LogP contribution in [0.4, 0.5) is 33.2 Å². The number of benzene rings is 3. The Morgan fingerprint density at radius 2 is 1.54 bits per heavy atom. The first-order valence-electron chi connectivity index (χ1n) is 29.4. The number of aromatic nitrogens is 4. The van der Waals surface area contributed by atoms with Crippen molar-refractivity contribution in [3.05, 3.63) is 101 Å². The molecular formula is C62H79FN12O13S. The zero-order chi connectivity index (χ0) is 63.6. The van der Waals surface area contributed by atoms with Gasteiger partial charge in [0, 0.05) is 58.5 Å². The van der Waals surface area contributed by atoms with Gasteiger partial charge in [0.2, 0.25) is 35.5 Å². The molecule has 7 N–H and O–H groups in total. The summed E-state index contributed by atoms with van der Waals surface area (Å²) in [6.45, 7) is 10.5. The Balaban J connectivity index is 0.655. The van der Waals surface area contributed by atoms with Crippen LogP contribution in [0.5, 0.6) is 5.75 Å². The van der Waals surface area contributed by atoms with Crippen LogP contribution in [0.1, 0.15) is 67.2 Å². The van der Waals surface area contributed by atoms with Gasteiger partial charge in [0.1, 0.15) is 35.1 Å². The van der Waals surface area contributed by atoms with Crippen molar-refractivity contribution in [3.63, 3.8) is 0 Å². The van der Waals surface area contributed by atoms with Crippen molar-refractivity contribution in [2.45, 2.75) is 78.1 Å². The molecule has 1 saturated heterocycles. The van der Waals surface area contributed by atoms with Gasteiger partial charge in [-0.05, 0) is 65.8 Å². The normalized spacial score (nSPS) is 15.0. The number of halogens is 1. The molecule has 1 fully saturated rings. The molecule has 0 aliphatic carbocycles. The fourth-order valence-electron chi connectivity index (χ4n) is 10.2. The molecule has 0 bridgehead atoms. The van der Waals surface area contributed by atoms with Gasteiger partial charge in [-0.1, -0.05) is 51.1 Å². The Hall–Kier alpha value is -8.18. The summed E-state index contributed by atoms with van der Waals surface area (Å²) >= 11 is 1.56. The van der Waals surface area contributed by atoms with Crippen molar-refractivity contribution in [3.8, 4) is 16.2 Å². The van der Waals surface area contributed by atoms with E-state index in [-0.39, 0.29) is 119 Å². The number of methoxy groups -OCH3 is 1. The second kappa shape index (κ2) is 31.8. The average Bonchev–Trinajstić information content (AvgIpc) is 2.44. The first-order chi connectivity index (χ1) is 42.8. The molecule has 0 radical (unpaired) electrons. The number of nitrogens with zero attached hydrogens (tertiary/aromatic N) is 6. The highest BCUT2D eigenvalue weighted by molar-refractivity contribution is 7.13. The number of anilines is 5. The van der Waals surface area contributed by atoms with E-state index in [1.165, 1.54) is 36.1 Å². The lowest BCUT2D eigenvalue weighted by Crippen LogP contribution is -2.57. The largest absolute Gasteiger partial charge is 0.495 e. The zero-order valence-electron chi connectivity index (χ0n) is 51.2. The first kappa shape index (κ1) is 66.8. The number of aromatic amines is 1. The molecule has 2 aliphatic heterocycles. The minimum absolute atomic E-state index is 0.00294. The first-order valence-corrected chi connectivity index (χ1v) is 30.3. The minimum Gasteiger partial charge on any atom is -0.495 e. The fraction of sp³-hybridized carbons (Fsp3) is 0.468. The number of aliphatic hydroxyl groups is 1. The highest BCUT2D eigenvalue weighted by Gasteiger charge is 2.44. The van der Waals surface area contributed by atoms with E-state index in [0.29, 0.717) is 73.4 Å². The van der Waals surface area contributed by atoms with E-state index in [4.69, 9.17) is 28.4 Å². The molecule has 3 atom stereocenters. The number of thiazole rings is 1. The van der Waals surface area contributed by atoms with Crippen LogP contribution in [-0.2, 0) is 60.6 Å². The highest BCUT2D eigenvalue weighted by atomic mass is 32.1. The molecule has 5 heterocycles. The SMILES string of the molecule is CNC(=O)c1c(F)cccc1Nc1nc(Nc2cc3c(cc2OC)CCN3C(=O)CN(C)C(=O)CCOCCOCCOCCOCCOCCC(=O)NC(C(=O)N2C[C@H](O)C[C@H]2C(=O)NCc2ccc(-c3scnc3C)cc2)C(C)(C)C)nc2[nH]ccc12. The van der Waals surface area contributed by atoms with Gasteiger partial charge >= 0.3 is 0 Å². The molecule has 3 aromatic carbocycles. The van der Waals surface area contributed by atoms with Gasteiger partial charge < -0.3 is 79.8 Å². The predicted molar refractivity (Wildman–Crippen MR) is 332 cm³/mol. The second-order valence-corrected chi connectivity index (χ2v) is 23.2. The second-order valence-electron chi connectivity index (χ2n) is 22.4. The van der Waals surface area contributed by atoms with Crippen LogP contribution in [0.15, 0.2) is 72.4 Å². The smallest absolute Gasteiger partial charge is 0.256 e. The summed E-state index contributed by atoms with van der Waals surface area (Å²) in [4.78, 5) is 102. The molecule has 1 unspecified atom stereocenters. The number of likely N-dealkylation sites (tertiary alicyclic amines) is 1. The van der Waals surface area contributed by atoms with Crippen molar-refractivity contribution in [2.75, 3.05) is 122 Å². The zero-order valence-corrected chi connectivity index (χ0v) is 52.0. The summed E-state index contributed by atoms with van der Waals surface area (Å²) < 4.78 is 48.5. The van der Waals surface area contributed by atoms with Crippen LogP contribution >= 0.6 is 11.3 Å². The topological polar surface area (TPSA) is 302 Å². The van der Waals surface area contributed by atoms with E-state index in [9.17, 15) is 38.3 Å². The number of rotatable bonds is 32. The summed E-state index contributed by atoms with van der Waals surface area (Å²) in [7, 11) is 4.51. The maximum absolute atomic E-state index is 14.8. The minimum atomic E-state index is -0.956. The number of hydrogen-bond acceptors (Lipinski definition) is 19. The van der Waals surface area contributed by atoms with Crippen LogP contribution in [0, 0.1) is 18.2 Å². The number of aryl methyl sites for hydroxylation is 1. The predicted octanol–water partition coefficient (Wildman–Crippen LogP) is 5.40. The van der Waals surface area contributed by atoms with Gasteiger partial charge in [-0.2, -0.15) is 9.97 Å². The van der Waals surface area contributed by atoms with E-state index in [2.05, 4.69) is 46.5 Å². The van der Waals surface area contributed by atoms with Gasteiger partial charge in [0.05, 0.1) is 131 Å². The highest BCUT2D eigenvalue weighted by Crippen LogP contribution is 2.39. The van der Waals surface area contributed by atoms with Crippen molar-refractivity contribution in [2.24, 2.45) is 5.41 Å². The monoisotopic (exact) mass is 1250 g/mol. The number of β-amino-alcohol motifs (C(OH)–C–C–N with tert-alkyl or cyclic N) is 1. The quantitative estimate of drug-likeness (QED) is 0.0260. The summed E-state index contributed by atoms with van der Waals surface area (Å²) in [5.74, 6) is -2.15. The number of fused-ring (bicyclic) bond motifs is 2. The Morgan fingerprint density at radius 3 is 2.18 bits per heavy atom. The number of aliphatic hydroxyl groups excluding tert-OH is 1. The van der Waals surface area contributed by atoms with Gasteiger partial charge in [0.25, 0.3) is 5.91 Å². The molecule has 27 heteroatoms. The molecule has 0 spiro atoms. The van der Waals surface area contributed by atoms with Crippen molar-refractivity contribution < 1.29 is 66.7 Å². The van der Waals surface area contributed by atoms with Gasteiger partial charge in [-0.15, -0.1) is 11.3 Å². The number of nitrogens with one attached hydrogen (secondary N) is 6. The average molecular weight is 1250 g/mol. The Kier molecular flexibility index (Phi) is 23.9. The van der Waals surface area contributed by atoms with Gasteiger partial charge in [0.15, 0.2) is 0 Å². The summed E-state index contributed by atoms with van der Waals surface area (Å²) in [6, 6.07) is 15.6. The maximum Gasteiger partial charge on any atom is 0.256 e. The maximum atomic E-state index is 14.8. The molecular weight excluding hydrogens is 1170 g/mol. The third-order valence-corrected chi connectivity index (χ3v) is 15.9. The van der Waals surface area contributed by atoms with E-state index in [1.807, 2.05) is 58.0 Å². The summed E-state index contributed by atoms with van der Waals surface area (Å²) in [5.41, 5.74) is 6.44. The Morgan fingerprint density at radius 1 is 0.865 bits per heavy atom. The molecule has 89 heavy (non-hydrogen) atoms.